The van der Waals surface area contributed by atoms with Gasteiger partial charge < -0.3 is 24.3 Å². The molecule has 214 valence electrons. The second-order valence-corrected chi connectivity index (χ2v) is 13.1. The quantitative estimate of drug-likeness (QED) is 0.241. The van der Waals surface area contributed by atoms with Crippen molar-refractivity contribution < 1.29 is 14.3 Å². The number of hydrogen-bond donors (Lipinski definition) is 0. The van der Waals surface area contributed by atoms with Crippen molar-refractivity contribution in [3.8, 4) is 0 Å². The molecule has 0 fully saturated rings. The summed E-state index contributed by atoms with van der Waals surface area (Å²) >= 11 is 0. The van der Waals surface area contributed by atoms with Crippen LogP contribution in [0.25, 0.3) is 0 Å². The van der Waals surface area contributed by atoms with Gasteiger partial charge in [-0.15, -0.1) is 0 Å². The first-order valence-corrected chi connectivity index (χ1v) is 14.0. The lowest BCUT2D eigenvalue weighted by Gasteiger charge is -2.36. The molecule has 0 saturated heterocycles. The van der Waals surface area contributed by atoms with E-state index in [0.717, 1.165) is 45.4 Å². The average molecular weight is 513 g/mol. The molecule has 0 aromatic heterocycles. The predicted molar refractivity (Wildman–Crippen MR) is 152 cm³/mol. The highest BCUT2D eigenvalue weighted by Gasteiger charge is 2.29. The summed E-state index contributed by atoms with van der Waals surface area (Å²) in [4.78, 5) is 34.1. The topological polar surface area (TPSA) is 56.3 Å². The van der Waals surface area contributed by atoms with Crippen LogP contribution in [0.1, 0.15) is 80.6 Å². The van der Waals surface area contributed by atoms with Gasteiger partial charge in [-0.05, 0) is 47.0 Å². The Balaban J connectivity index is 5.03. The highest BCUT2D eigenvalue weighted by Crippen LogP contribution is 2.23. The molecule has 0 aliphatic heterocycles. The first-order valence-electron chi connectivity index (χ1n) is 14.0. The molecule has 2 amide bonds. The van der Waals surface area contributed by atoms with Crippen molar-refractivity contribution >= 4 is 11.8 Å². The smallest absolute Gasteiger partial charge is 0.222 e. The fraction of sp³-hybridized carbons (Fsp3) is 0.931. The van der Waals surface area contributed by atoms with Gasteiger partial charge in [0.15, 0.2) is 0 Å². The lowest BCUT2D eigenvalue weighted by Crippen LogP contribution is -2.45. The van der Waals surface area contributed by atoms with Gasteiger partial charge in [0.1, 0.15) is 0 Å². The van der Waals surface area contributed by atoms with Crippen LogP contribution in [0.15, 0.2) is 0 Å². The zero-order valence-electron chi connectivity index (χ0n) is 25.8. The van der Waals surface area contributed by atoms with E-state index in [1.807, 2.05) is 38.0 Å². The second kappa shape index (κ2) is 17.4. The number of unbranched alkanes of at least 4 members (excludes halogenated alkanes) is 1. The van der Waals surface area contributed by atoms with Crippen molar-refractivity contribution in [1.82, 2.24) is 19.6 Å². The minimum Gasteiger partial charge on any atom is -0.380 e. The van der Waals surface area contributed by atoms with Crippen LogP contribution in [0.2, 0.25) is 0 Å². The largest absolute Gasteiger partial charge is 0.380 e. The van der Waals surface area contributed by atoms with Crippen LogP contribution in [0.5, 0.6) is 0 Å². The Morgan fingerprint density at radius 2 is 1.14 bits per heavy atom. The zero-order valence-corrected chi connectivity index (χ0v) is 25.8. The van der Waals surface area contributed by atoms with Crippen molar-refractivity contribution in [2.45, 2.75) is 80.6 Å². The summed E-state index contributed by atoms with van der Waals surface area (Å²) in [6.07, 6.45) is 4.10. The van der Waals surface area contributed by atoms with Gasteiger partial charge in [-0.1, -0.05) is 54.9 Å². The lowest BCUT2D eigenvalue weighted by atomic mass is 9.91. The first kappa shape index (κ1) is 34.8. The Morgan fingerprint density at radius 3 is 1.50 bits per heavy atom. The molecular formula is C29H60N4O3. The third kappa shape index (κ3) is 17.3. The van der Waals surface area contributed by atoms with Crippen LogP contribution < -0.4 is 0 Å². The molecule has 0 aromatic rings. The number of ether oxygens (including phenoxy) is 1. The molecule has 0 atom stereocenters. The zero-order chi connectivity index (χ0) is 27.9. The van der Waals surface area contributed by atoms with Crippen molar-refractivity contribution in [1.29, 1.82) is 0 Å². The Labute approximate surface area is 223 Å². The summed E-state index contributed by atoms with van der Waals surface area (Å²) in [5.74, 6) is 0.999. The van der Waals surface area contributed by atoms with E-state index in [1.54, 1.807) is 0 Å². The number of nitrogens with zero attached hydrogens (tertiary/aromatic N) is 4. The van der Waals surface area contributed by atoms with Crippen LogP contribution >= 0.6 is 0 Å². The van der Waals surface area contributed by atoms with E-state index in [1.165, 1.54) is 0 Å². The van der Waals surface area contributed by atoms with Crippen molar-refractivity contribution in [3.05, 3.63) is 0 Å². The number of carbonyl (C=O) groups excluding carboxylic acids is 2. The van der Waals surface area contributed by atoms with Gasteiger partial charge in [-0.3, -0.25) is 9.59 Å². The molecule has 0 rings (SSSR count). The fourth-order valence-corrected chi connectivity index (χ4v) is 4.01. The molecule has 0 radical (unpaired) electrons. The van der Waals surface area contributed by atoms with E-state index in [4.69, 9.17) is 4.74 Å². The maximum Gasteiger partial charge on any atom is 0.222 e. The minimum absolute atomic E-state index is 0.151. The van der Waals surface area contributed by atoms with Gasteiger partial charge in [-0.25, -0.2) is 0 Å². The van der Waals surface area contributed by atoms with Crippen LogP contribution in [0.4, 0.5) is 0 Å². The van der Waals surface area contributed by atoms with Crippen LogP contribution in [-0.2, 0) is 14.3 Å². The van der Waals surface area contributed by atoms with Crippen LogP contribution in [0.3, 0.4) is 0 Å². The SMILES string of the molecule is CCCCC(=O)N(CCN(C)C)CC(C)(C)COCC(C)(C)CN(CCN(C)C)C(=O)CCC(C)C. The lowest BCUT2D eigenvalue weighted by molar-refractivity contribution is -0.134. The molecule has 0 N–H and O–H groups in total. The molecule has 0 aromatic carbocycles. The van der Waals surface area contributed by atoms with E-state index in [0.29, 0.717) is 45.1 Å². The van der Waals surface area contributed by atoms with Crippen LogP contribution in [-0.4, -0.2) is 112 Å². The molecule has 36 heavy (non-hydrogen) atoms. The molecule has 0 spiro atoms. The number of carbonyl (C=O) groups is 2. The summed E-state index contributed by atoms with van der Waals surface area (Å²) in [5, 5.41) is 0. The number of rotatable bonds is 20. The van der Waals surface area contributed by atoms with Gasteiger partial charge in [-0.2, -0.15) is 0 Å². The van der Waals surface area contributed by atoms with Crippen molar-refractivity contribution in [3.63, 3.8) is 0 Å². The van der Waals surface area contributed by atoms with Gasteiger partial charge >= 0.3 is 0 Å². The Kier molecular flexibility index (Phi) is 16.8. The minimum atomic E-state index is -0.155. The fourth-order valence-electron chi connectivity index (χ4n) is 4.01. The van der Waals surface area contributed by atoms with E-state index in [-0.39, 0.29) is 22.6 Å². The number of likely N-dealkylation sites (N-methyl/N-ethyl adjacent to an activating group) is 2. The number of hydrogen-bond acceptors (Lipinski definition) is 5. The monoisotopic (exact) mass is 512 g/mol. The Bertz CT molecular complexity index is 618. The summed E-state index contributed by atoms with van der Waals surface area (Å²) in [6.45, 7) is 20.9. The molecular weight excluding hydrogens is 452 g/mol. The first-order chi connectivity index (χ1) is 16.6. The van der Waals surface area contributed by atoms with E-state index in [9.17, 15) is 9.59 Å². The summed E-state index contributed by atoms with van der Waals surface area (Å²) in [6, 6.07) is 0. The average Bonchev–Trinajstić information content (AvgIpc) is 2.75. The summed E-state index contributed by atoms with van der Waals surface area (Å²) in [5.41, 5.74) is -0.306. The van der Waals surface area contributed by atoms with Gasteiger partial charge in [0.2, 0.25) is 11.8 Å². The van der Waals surface area contributed by atoms with E-state index >= 15 is 0 Å². The van der Waals surface area contributed by atoms with Crippen molar-refractivity contribution in [2.24, 2.45) is 16.7 Å². The third-order valence-electron chi connectivity index (χ3n) is 6.24. The third-order valence-corrected chi connectivity index (χ3v) is 6.24. The molecule has 0 aliphatic rings. The van der Waals surface area contributed by atoms with E-state index in [2.05, 4.69) is 58.3 Å². The number of amides is 2. The molecule has 0 aliphatic carbocycles. The van der Waals surface area contributed by atoms with Gasteiger partial charge in [0, 0.05) is 62.9 Å². The van der Waals surface area contributed by atoms with E-state index < -0.39 is 0 Å². The van der Waals surface area contributed by atoms with Gasteiger partial charge in [0.25, 0.3) is 0 Å². The highest BCUT2D eigenvalue weighted by molar-refractivity contribution is 5.76. The summed E-state index contributed by atoms with van der Waals surface area (Å²) < 4.78 is 6.26. The molecule has 0 unspecified atom stereocenters. The maximum atomic E-state index is 13.0. The molecule has 7 heteroatoms. The van der Waals surface area contributed by atoms with Gasteiger partial charge in [0.05, 0.1) is 13.2 Å². The molecule has 0 heterocycles. The van der Waals surface area contributed by atoms with Crippen molar-refractivity contribution in [2.75, 3.05) is 80.7 Å². The molecule has 7 nitrogen and oxygen atoms in total. The van der Waals surface area contributed by atoms with Crippen LogP contribution in [0, 0.1) is 16.7 Å². The molecule has 0 bridgehead atoms. The summed E-state index contributed by atoms with van der Waals surface area (Å²) in [7, 11) is 8.17. The Morgan fingerprint density at radius 1 is 0.722 bits per heavy atom. The second-order valence-electron chi connectivity index (χ2n) is 13.1. The Hall–Kier alpha value is -1.18. The normalized spacial score (nSPS) is 12.6. The molecule has 0 saturated carbocycles. The predicted octanol–water partition coefficient (Wildman–Crippen LogP) is 4.46. The maximum absolute atomic E-state index is 13.0. The standard InChI is InChI=1S/C29H60N4O3/c1-12-13-14-26(34)32(19-17-30(8)9)21-28(4,5)23-36-24-29(6,7)22-33(20-18-31(10)11)27(35)16-15-25(2)3/h25H,12-24H2,1-11H3. The highest BCUT2D eigenvalue weighted by atomic mass is 16.5.